The van der Waals surface area contributed by atoms with Crippen molar-refractivity contribution in [3.63, 3.8) is 0 Å². The van der Waals surface area contributed by atoms with Gasteiger partial charge in [0.2, 0.25) is 0 Å². The van der Waals surface area contributed by atoms with E-state index in [0.29, 0.717) is 8.95 Å². The molecule has 0 aliphatic heterocycles. The molecule has 0 spiro atoms. The van der Waals surface area contributed by atoms with E-state index in [4.69, 9.17) is 5.26 Å². The van der Waals surface area contributed by atoms with Crippen LogP contribution in [-0.4, -0.2) is 24.4 Å². The van der Waals surface area contributed by atoms with Gasteiger partial charge in [0.1, 0.15) is 0 Å². The highest BCUT2D eigenvalue weighted by molar-refractivity contribution is 9.11. The van der Waals surface area contributed by atoms with Crippen molar-refractivity contribution in [2.75, 3.05) is 0 Å². The molecule has 0 radical (unpaired) electrons. The summed E-state index contributed by atoms with van der Waals surface area (Å²) in [6.45, 7) is 0. The number of aliphatic hydroxyl groups excluding tert-OH is 1. The van der Waals surface area contributed by atoms with Crippen LogP contribution < -0.4 is 0 Å². The smallest absolute Gasteiger partial charge is 0.198 e. The summed E-state index contributed by atoms with van der Waals surface area (Å²) < 4.78 is 24.5. The average molecular weight is 395 g/mol. The second-order valence-corrected chi connectivity index (χ2v) is 8.24. The summed E-state index contributed by atoms with van der Waals surface area (Å²) >= 11 is 6.40. The molecule has 1 aromatic carbocycles. The number of halogens is 2. The quantitative estimate of drug-likeness (QED) is 0.835. The number of hydrogen-bond acceptors (Lipinski definition) is 4. The number of benzene rings is 1. The molecule has 1 aromatic rings. The molecule has 2 rings (SSSR count). The molecule has 0 saturated heterocycles. The monoisotopic (exact) mass is 393 g/mol. The molecule has 1 N–H and O–H groups in total. The number of aliphatic hydroxyl groups is 1. The Morgan fingerprint density at radius 1 is 1.39 bits per heavy atom. The van der Waals surface area contributed by atoms with E-state index in [-0.39, 0.29) is 17.7 Å². The zero-order valence-electron chi connectivity index (χ0n) is 9.10. The lowest BCUT2D eigenvalue weighted by atomic mass is 9.82. The van der Waals surface area contributed by atoms with Crippen LogP contribution in [0.2, 0.25) is 0 Å². The number of nitriles is 1. The summed E-state index contributed by atoms with van der Waals surface area (Å²) in [6.07, 6.45) is -0.791. The summed E-state index contributed by atoms with van der Waals surface area (Å²) in [4.78, 5) is 0.0744. The maximum atomic E-state index is 12.5. The lowest BCUT2D eigenvalue weighted by molar-refractivity contribution is 0.0764. The minimum absolute atomic E-state index is 0.0369. The summed E-state index contributed by atoms with van der Waals surface area (Å²) in [6, 6.07) is 6.62. The predicted octanol–water partition coefficient (Wildman–Crippen LogP) is 2.40. The Balaban J connectivity index is 2.56. The van der Waals surface area contributed by atoms with Gasteiger partial charge in [-0.2, -0.15) is 5.26 Å². The van der Waals surface area contributed by atoms with Crippen molar-refractivity contribution in [1.29, 1.82) is 5.26 Å². The van der Waals surface area contributed by atoms with Crippen molar-refractivity contribution >= 4 is 41.7 Å². The van der Waals surface area contributed by atoms with Gasteiger partial charge in [0.15, 0.2) is 14.6 Å². The van der Waals surface area contributed by atoms with E-state index < -0.39 is 20.7 Å². The summed E-state index contributed by atoms with van der Waals surface area (Å²) in [5.74, 6) is 0. The largest absolute Gasteiger partial charge is 0.393 e. The van der Waals surface area contributed by atoms with Crippen LogP contribution in [0.1, 0.15) is 12.8 Å². The Bertz CT molecular complexity index is 630. The first-order chi connectivity index (χ1) is 8.32. The third kappa shape index (κ3) is 2.01. The van der Waals surface area contributed by atoms with Crippen molar-refractivity contribution in [1.82, 2.24) is 0 Å². The molecule has 1 aliphatic carbocycles. The third-order valence-electron chi connectivity index (χ3n) is 3.03. The van der Waals surface area contributed by atoms with E-state index in [1.807, 2.05) is 6.07 Å². The summed E-state index contributed by atoms with van der Waals surface area (Å²) in [7, 11) is -3.80. The fourth-order valence-electron chi connectivity index (χ4n) is 1.97. The van der Waals surface area contributed by atoms with Crippen LogP contribution in [0.4, 0.5) is 0 Å². The molecule has 0 heterocycles. The van der Waals surface area contributed by atoms with Crippen molar-refractivity contribution in [3.05, 3.63) is 27.1 Å². The van der Waals surface area contributed by atoms with Crippen LogP contribution in [0, 0.1) is 11.3 Å². The molecule has 4 nitrogen and oxygen atoms in total. The zero-order valence-corrected chi connectivity index (χ0v) is 13.1. The molecule has 0 unspecified atom stereocenters. The average Bonchev–Trinajstić information content (AvgIpc) is 2.27. The predicted molar refractivity (Wildman–Crippen MR) is 72.6 cm³/mol. The maximum Gasteiger partial charge on any atom is 0.198 e. The highest BCUT2D eigenvalue weighted by atomic mass is 79.9. The van der Waals surface area contributed by atoms with Crippen molar-refractivity contribution in [2.45, 2.75) is 28.6 Å². The Morgan fingerprint density at radius 3 is 2.50 bits per heavy atom. The maximum absolute atomic E-state index is 12.5. The minimum Gasteiger partial charge on any atom is -0.393 e. The van der Waals surface area contributed by atoms with Gasteiger partial charge in [0, 0.05) is 21.8 Å². The van der Waals surface area contributed by atoms with Crippen LogP contribution in [0.15, 0.2) is 32.0 Å². The van der Waals surface area contributed by atoms with Gasteiger partial charge in [0.25, 0.3) is 0 Å². The van der Waals surface area contributed by atoms with Gasteiger partial charge in [-0.25, -0.2) is 8.42 Å². The third-order valence-corrected chi connectivity index (χ3v) is 6.85. The van der Waals surface area contributed by atoms with Gasteiger partial charge in [0.05, 0.1) is 17.1 Å². The first kappa shape index (κ1) is 14.0. The van der Waals surface area contributed by atoms with Crippen molar-refractivity contribution < 1.29 is 13.5 Å². The van der Waals surface area contributed by atoms with E-state index in [1.165, 1.54) is 6.07 Å². The van der Waals surface area contributed by atoms with Gasteiger partial charge >= 0.3 is 0 Å². The van der Waals surface area contributed by atoms with Gasteiger partial charge < -0.3 is 5.11 Å². The lowest BCUT2D eigenvalue weighted by Crippen LogP contribution is -2.52. The second kappa shape index (κ2) is 4.60. The molecule has 96 valence electrons. The number of hydrogen-bond donors (Lipinski definition) is 1. The van der Waals surface area contributed by atoms with Gasteiger partial charge in [-0.15, -0.1) is 0 Å². The van der Waals surface area contributed by atoms with Crippen LogP contribution >= 0.6 is 31.9 Å². The van der Waals surface area contributed by atoms with E-state index >= 15 is 0 Å². The minimum atomic E-state index is -3.80. The zero-order chi connectivity index (χ0) is 13.6. The van der Waals surface area contributed by atoms with Gasteiger partial charge in [-0.3, -0.25) is 0 Å². The fourth-order valence-corrected chi connectivity index (χ4v) is 5.34. The Kier molecular flexibility index (Phi) is 3.58. The van der Waals surface area contributed by atoms with E-state index in [1.54, 1.807) is 12.1 Å². The summed E-state index contributed by atoms with van der Waals surface area (Å²) in [5.41, 5.74) is 0. The van der Waals surface area contributed by atoms with Crippen molar-refractivity contribution in [3.8, 4) is 6.07 Å². The first-order valence-corrected chi connectivity index (χ1v) is 8.18. The molecule has 1 fully saturated rings. The van der Waals surface area contributed by atoms with Crippen molar-refractivity contribution in [2.24, 2.45) is 0 Å². The molecule has 0 amide bonds. The normalized spacial score (nSPS) is 27.3. The molecule has 18 heavy (non-hydrogen) atoms. The standard InChI is InChI=1S/C11H9Br2NO3S/c12-7-1-2-9(13)10(3-7)18(16,17)11(6-14)4-8(15)5-11/h1-3,8,15H,4-5H2. The fraction of sp³-hybridized carbons (Fsp3) is 0.364. The first-order valence-electron chi connectivity index (χ1n) is 5.11. The SMILES string of the molecule is N#CC1(S(=O)(=O)c2cc(Br)ccc2Br)CC(O)C1. The summed E-state index contributed by atoms with van der Waals surface area (Å²) in [5, 5.41) is 18.5. The number of rotatable bonds is 2. The topological polar surface area (TPSA) is 78.2 Å². The highest BCUT2D eigenvalue weighted by Gasteiger charge is 2.55. The Hall–Kier alpha value is -0.420. The molecule has 0 bridgehead atoms. The van der Waals surface area contributed by atoms with Gasteiger partial charge in [-0.1, -0.05) is 15.9 Å². The molecule has 1 aliphatic rings. The lowest BCUT2D eigenvalue weighted by Gasteiger charge is -2.38. The molecule has 0 aromatic heterocycles. The molecule has 7 heteroatoms. The second-order valence-electron chi connectivity index (χ2n) is 4.25. The molecular weight excluding hydrogens is 386 g/mol. The molecule has 0 atom stereocenters. The van der Waals surface area contributed by atoms with Crippen LogP contribution in [0.5, 0.6) is 0 Å². The highest BCUT2D eigenvalue weighted by Crippen LogP contribution is 2.44. The molecule has 1 saturated carbocycles. The van der Waals surface area contributed by atoms with Gasteiger partial charge in [-0.05, 0) is 34.1 Å². The number of sulfone groups is 1. The van der Waals surface area contributed by atoms with E-state index in [0.717, 1.165) is 0 Å². The van der Waals surface area contributed by atoms with Crippen LogP contribution in [0.25, 0.3) is 0 Å². The van der Waals surface area contributed by atoms with E-state index in [9.17, 15) is 13.5 Å². The Morgan fingerprint density at radius 2 is 2.00 bits per heavy atom. The van der Waals surface area contributed by atoms with Crippen LogP contribution in [-0.2, 0) is 9.84 Å². The Labute approximate surface area is 122 Å². The molecular formula is C11H9Br2NO3S. The van der Waals surface area contributed by atoms with Crippen LogP contribution in [0.3, 0.4) is 0 Å². The number of nitrogens with zero attached hydrogens (tertiary/aromatic N) is 1. The van der Waals surface area contributed by atoms with E-state index in [2.05, 4.69) is 31.9 Å².